The topological polar surface area (TPSA) is 55.8 Å². The summed E-state index contributed by atoms with van der Waals surface area (Å²) in [5.74, 6) is 0.0739. The number of allylic oxidation sites excluding steroid dienone is 4. The van der Waals surface area contributed by atoms with Crippen LogP contribution >= 0.6 is 0 Å². The number of hydrogen-bond acceptors (Lipinski definition) is 3. The van der Waals surface area contributed by atoms with Gasteiger partial charge in [0.2, 0.25) is 0 Å². The molecule has 0 aliphatic rings. The smallest absolute Gasteiger partial charge is 0.303 e. The first kappa shape index (κ1) is 32.9. The lowest BCUT2D eigenvalue weighted by atomic mass is 10.1. The quantitative estimate of drug-likeness (QED) is 0.153. The van der Waals surface area contributed by atoms with Gasteiger partial charge in [-0.3, -0.25) is 4.79 Å². The second-order valence-corrected chi connectivity index (χ2v) is 7.44. The molecule has 0 fully saturated rings. The normalized spacial score (nSPS) is 11.6. The lowest BCUT2D eigenvalue weighted by Gasteiger charge is -2.12. The van der Waals surface area contributed by atoms with Gasteiger partial charge in [-0.25, -0.2) is 0 Å². The van der Waals surface area contributed by atoms with Crippen molar-refractivity contribution in [1.29, 1.82) is 0 Å². The molecule has 198 valence electrons. The molecule has 36 heavy (non-hydrogen) atoms. The molecule has 4 heteroatoms. The molecule has 1 atom stereocenters. The molecule has 0 spiro atoms. The summed E-state index contributed by atoms with van der Waals surface area (Å²) in [5.41, 5.74) is 2.39. The highest BCUT2D eigenvalue weighted by molar-refractivity contribution is 5.66. The Bertz CT molecular complexity index is 869. The Morgan fingerprint density at radius 2 is 1.64 bits per heavy atom. The summed E-state index contributed by atoms with van der Waals surface area (Å²) in [6.07, 6.45) is 15.1. The second kappa shape index (κ2) is 23.6. The van der Waals surface area contributed by atoms with E-state index in [1.54, 1.807) is 0 Å². The van der Waals surface area contributed by atoms with Gasteiger partial charge in [-0.2, -0.15) is 0 Å². The highest BCUT2D eigenvalue weighted by Gasteiger charge is 2.03. The number of carbonyl (C=O) groups is 1. The average Bonchev–Trinajstić information content (AvgIpc) is 2.92. The molecule has 2 rings (SSSR count). The number of aryl methyl sites for hydroxylation is 1. The molecule has 0 aliphatic carbocycles. The third kappa shape index (κ3) is 17.3. The van der Waals surface area contributed by atoms with Crippen LogP contribution in [0.4, 0.5) is 0 Å². The molecule has 0 amide bonds. The molecule has 0 aliphatic heterocycles. The first-order valence-electron chi connectivity index (χ1n) is 13.3. The van der Waals surface area contributed by atoms with Crippen LogP contribution in [0.1, 0.15) is 71.4 Å². The summed E-state index contributed by atoms with van der Waals surface area (Å²) < 4.78 is 12.0. The average molecular weight is 495 g/mol. The largest absolute Gasteiger partial charge is 0.494 e. The van der Waals surface area contributed by atoms with Gasteiger partial charge < -0.3 is 14.6 Å². The molecule has 0 aromatic heterocycles. The SMILES string of the molecule is CC.CC.CC/C=C\C(C=C/C=C/CCC(=O)O)OCc1cccc(OCCCc2ccccc2)c1. The Kier molecular flexibility index (Phi) is 21.6. The van der Waals surface area contributed by atoms with Crippen LogP contribution in [0, 0.1) is 0 Å². The molecule has 1 unspecified atom stereocenters. The van der Waals surface area contributed by atoms with Crippen LogP contribution in [0.3, 0.4) is 0 Å². The van der Waals surface area contributed by atoms with E-state index < -0.39 is 5.97 Å². The van der Waals surface area contributed by atoms with E-state index in [0.29, 0.717) is 19.6 Å². The van der Waals surface area contributed by atoms with E-state index in [1.807, 2.05) is 88.4 Å². The molecule has 4 nitrogen and oxygen atoms in total. The number of ether oxygens (including phenoxy) is 2. The molecule has 1 N–H and O–H groups in total. The van der Waals surface area contributed by atoms with E-state index in [4.69, 9.17) is 14.6 Å². The summed E-state index contributed by atoms with van der Waals surface area (Å²) in [6.45, 7) is 11.2. The van der Waals surface area contributed by atoms with Gasteiger partial charge in [-0.15, -0.1) is 0 Å². The molecule has 0 heterocycles. The third-order valence-corrected chi connectivity index (χ3v) is 4.70. The van der Waals surface area contributed by atoms with E-state index in [2.05, 4.69) is 37.3 Å². The third-order valence-electron chi connectivity index (χ3n) is 4.70. The van der Waals surface area contributed by atoms with E-state index in [1.165, 1.54) is 5.56 Å². The zero-order valence-corrected chi connectivity index (χ0v) is 22.9. The monoisotopic (exact) mass is 494 g/mol. The molecule has 0 bridgehead atoms. The van der Waals surface area contributed by atoms with Crippen molar-refractivity contribution in [1.82, 2.24) is 0 Å². The van der Waals surface area contributed by atoms with Gasteiger partial charge in [-0.05, 0) is 48.9 Å². The summed E-state index contributed by atoms with van der Waals surface area (Å²) in [5, 5.41) is 8.67. The van der Waals surface area contributed by atoms with Crippen LogP contribution in [0.25, 0.3) is 0 Å². The minimum atomic E-state index is -0.784. The summed E-state index contributed by atoms with van der Waals surface area (Å²) in [4.78, 5) is 10.5. The highest BCUT2D eigenvalue weighted by atomic mass is 16.5. The van der Waals surface area contributed by atoms with E-state index >= 15 is 0 Å². The minimum Gasteiger partial charge on any atom is -0.494 e. The van der Waals surface area contributed by atoms with Crippen LogP contribution in [0.5, 0.6) is 5.75 Å². The van der Waals surface area contributed by atoms with Crippen LogP contribution in [-0.2, 0) is 22.6 Å². The predicted molar refractivity (Wildman–Crippen MR) is 153 cm³/mol. The number of hydrogen-bond donors (Lipinski definition) is 1. The van der Waals surface area contributed by atoms with E-state index in [-0.39, 0.29) is 12.5 Å². The molecule has 0 saturated heterocycles. The number of carboxylic acid groups (broad SMARTS) is 1. The van der Waals surface area contributed by atoms with Gasteiger partial charge >= 0.3 is 5.97 Å². The van der Waals surface area contributed by atoms with Crippen molar-refractivity contribution < 1.29 is 19.4 Å². The molecular formula is C32H46O4. The molecule has 0 radical (unpaired) electrons. The second-order valence-electron chi connectivity index (χ2n) is 7.44. The fourth-order valence-corrected chi connectivity index (χ4v) is 3.03. The maximum Gasteiger partial charge on any atom is 0.303 e. The predicted octanol–water partition coefficient (Wildman–Crippen LogP) is 8.58. The maximum absolute atomic E-state index is 10.5. The Morgan fingerprint density at radius 1 is 0.917 bits per heavy atom. The maximum atomic E-state index is 10.5. The van der Waals surface area contributed by atoms with Crippen LogP contribution in [0.2, 0.25) is 0 Å². The van der Waals surface area contributed by atoms with Crippen molar-refractivity contribution in [2.75, 3.05) is 6.61 Å². The molecular weight excluding hydrogens is 448 g/mol. The van der Waals surface area contributed by atoms with Crippen molar-refractivity contribution in [3.63, 3.8) is 0 Å². The summed E-state index contributed by atoms with van der Waals surface area (Å²) in [6, 6.07) is 18.5. The number of benzene rings is 2. The van der Waals surface area contributed by atoms with Crippen molar-refractivity contribution in [2.24, 2.45) is 0 Å². The van der Waals surface area contributed by atoms with E-state index in [0.717, 1.165) is 30.6 Å². The summed E-state index contributed by atoms with van der Waals surface area (Å²) >= 11 is 0. The van der Waals surface area contributed by atoms with Gasteiger partial charge in [0.05, 0.1) is 19.3 Å². The minimum absolute atomic E-state index is 0.144. The first-order chi connectivity index (χ1) is 17.7. The van der Waals surface area contributed by atoms with E-state index in [9.17, 15) is 4.79 Å². The first-order valence-corrected chi connectivity index (χ1v) is 13.3. The summed E-state index contributed by atoms with van der Waals surface area (Å²) in [7, 11) is 0. The molecule has 2 aromatic carbocycles. The fourth-order valence-electron chi connectivity index (χ4n) is 3.03. The van der Waals surface area contributed by atoms with Crippen LogP contribution < -0.4 is 4.74 Å². The highest BCUT2D eigenvalue weighted by Crippen LogP contribution is 2.16. The van der Waals surface area contributed by atoms with Crippen molar-refractivity contribution in [3.05, 3.63) is 102 Å². The Balaban J connectivity index is 0.00000291. The van der Waals surface area contributed by atoms with Crippen LogP contribution in [0.15, 0.2) is 91.1 Å². The van der Waals surface area contributed by atoms with Gasteiger partial charge in [-0.1, -0.05) is 114 Å². The standard InChI is InChI=1S/C28H34O4.2C2H6/c1-2-3-17-26(18-9-4-5-10-20-28(29)30)32-23-25-15-11-19-27(22-25)31-21-12-16-24-13-7-6-8-14-24;2*1-2/h3-9,11,13-15,17-19,22,26H,2,10,12,16,20-21,23H2,1H3,(H,29,30);2*1-2H3/b5-4+,17-3-,18-9?;;. The number of aliphatic carboxylic acids is 1. The number of carboxylic acids is 1. The lowest BCUT2D eigenvalue weighted by Crippen LogP contribution is -2.07. The molecule has 0 saturated carbocycles. The number of rotatable bonds is 15. The lowest BCUT2D eigenvalue weighted by molar-refractivity contribution is -0.136. The van der Waals surface area contributed by atoms with Gasteiger partial charge in [0.25, 0.3) is 0 Å². The Hall–Kier alpha value is -3.11. The van der Waals surface area contributed by atoms with Crippen molar-refractivity contribution >= 4 is 5.97 Å². The van der Waals surface area contributed by atoms with Crippen molar-refractivity contribution in [3.8, 4) is 5.75 Å². The van der Waals surface area contributed by atoms with Gasteiger partial charge in [0, 0.05) is 6.42 Å². The molecule has 2 aromatic rings. The Morgan fingerprint density at radius 3 is 2.33 bits per heavy atom. The van der Waals surface area contributed by atoms with Gasteiger partial charge in [0.1, 0.15) is 5.75 Å². The fraction of sp³-hybridized carbons (Fsp3) is 0.406. The van der Waals surface area contributed by atoms with Gasteiger partial charge in [0.15, 0.2) is 0 Å². The zero-order chi connectivity index (χ0) is 26.9. The van der Waals surface area contributed by atoms with Crippen LogP contribution in [-0.4, -0.2) is 23.8 Å². The zero-order valence-electron chi connectivity index (χ0n) is 22.9. The van der Waals surface area contributed by atoms with Crippen molar-refractivity contribution in [2.45, 2.75) is 79.4 Å². The Labute approximate surface area is 219 Å².